The van der Waals surface area contributed by atoms with E-state index in [-0.39, 0.29) is 0 Å². The van der Waals surface area contributed by atoms with Gasteiger partial charge >= 0.3 is 0 Å². The molecular formula is C4H3BrINS. The van der Waals surface area contributed by atoms with Gasteiger partial charge in [0.2, 0.25) is 0 Å². The van der Waals surface area contributed by atoms with Crippen LogP contribution < -0.4 is 0 Å². The molecule has 0 saturated heterocycles. The van der Waals surface area contributed by atoms with Crippen LogP contribution in [0.4, 0.5) is 0 Å². The minimum Gasteiger partial charge on any atom is -0.234 e. The van der Waals surface area contributed by atoms with Crippen LogP contribution in [0.25, 0.3) is 0 Å². The maximum Gasteiger partial charge on any atom is 0.154 e. The zero-order chi connectivity index (χ0) is 5.98. The summed E-state index contributed by atoms with van der Waals surface area (Å²) in [5, 5.41) is 2.92. The molecule has 0 atom stereocenters. The van der Waals surface area contributed by atoms with Crippen LogP contribution in [-0.4, -0.2) is 4.98 Å². The summed E-state index contributed by atoms with van der Waals surface area (Å²) >= 11 is 7.20. The Morgan fingerprint density at radius 3 is 2.88 bits per heavy atom. The van der Waals surface area contributed by atoms with Gasteiger partial charge in [-0.1, -0.05) is 15.9 Å². The average molecular weight is 304 g/mol. The van der Waals surface area contributed by atoms with E-state index in [1.807, 2.05) is 0 Å². The molecule has 0 N–H and O–H groups in total. The zero-order valence-corrected chi connectivity index (χ0v) is 8.46. The lowest BCUT2D eigenvalue weighted by Gasteiger charge is -1.77. The van der Waals surface area contributed by atoms with Crippen LogP contribution in [0.1, 0.15) is 5.69 Å². The van der Waals surface area contributed by atoms with E-state index in [2.05, 4.69) is 48.9 Å². The number of hydrogen-bond acceptors (Lipinski definition) is 2. The van der Waals surface area contributed by atoms with Crippen molar-refractivity contribution in [2.24, 2.45) is 0 Å². The lowest BCUT2D eigenvalue weighted by Crippen LogP contribution is -1.73. The fourth-order valence-electron chi connectivity index (χ4n) is 0.344. The Morgan fingerprint density at radius 1 is 1.88 bits per heavy atom. The van der Waals surface area contributed by atoms with E-state index >= 15 is 0 Å². The highest BCUT2D eigenvalue weighted by atomic mass is 127. The van der Waals surface area contributed by atoms with Gasteiger partial charge in [-0.05, 0) is 22.6 Å². The maximum atomic E-state index is 4.19. The first-order valence-corrected chi connectivity index (χ1v) is 5.07. The van der Waals surface area contributed by atoms with Gasteiger partial charge in [0, 0.05) is 10.7 Å². The molecule has 0 unspecified atom stereocenters. The molecule has 0 radical (unpaired) electrons. The summed E-state index contributed by atoms with van der Waals surface area (Å²) in [6.45, 7) is 0. The SMILES string of the molecule is BrCc1csc(I)n1. The fraction of sp³-hybridized carbons (Fsp3) is 0.250. The number of nitrogens with zero attached hydrogens (tertiary/aromatic N) is 1. The third-order valence-corrected chi connectivity index (χ3v) is 2.91. The first-order chi connectivity index (χ1) is 3.83. The molecule has 1 heterocycles. The summed E-state index contributed by atoms with van der Waals surface area (Å²) in [7, 11) is 0. The zero-order valence-electron chi connectivity index (χ0n) is 3.90. The van der Waals surface area contributed by atoms with Gasteiger partial charge in [0.15, 0.2) is 3.01 Å². The van der Waals surface area contributed by atoms with Crippen LogP contribution in [-0.2, 0) is 5.33 Å². The van der Waals surface area contributed by atoms with E-state index in [0.29, 0.717) is 0 Å². The molecule has 8 heavy (non-hydrogen) atoms. The minimum atomic E-state index is 0.868. The number of hydrogen-bond donors (Lipinski definition) is 0. The first-order valence-electron chi connectivity index (χ1n) is 1.99. The monoisotopic (exact) mass is 303 g/mol. The average Bonchev–Trinajstić information content (AvgIpc) is 2.14. The predicted molar refractivity (Wildman–Crippen MR) is 47.5 cm³/mol. The largest absolute Gasteiger partial charge is 0.234 e. The van der Waals surface area contributed by atoms with Crippen LogP contribution in [0.2, 0.25) is 0 Å². The Balaban J connectivity index is 2.84. The second kappa shape index (κ2) is 3.12. The number of alkyl halides is 1. The maximum absolute atomic E-state index is 4.19. The highest BCUT2D eigenvalue weighted by molar-refractivity contribution is 14.1. The second-order valence-electron chi connectivity index (χ2n) is 1.23. The van der Waals surface area contributed by atoms with Crippen LogP contribution in [0, 0.1) is 3.01 Å². The van der Waals surface area contributed by atoms with Crippen molar-refractivity contribution in [2.45, 2.75) is 5.33 Å². The number of halogens is 2. The van der Waals surface area contributed by atoms with Gasteiger partial charge in [-0.15, -0.1) is 11.3 Å². The second-order valence-corrected chi connectivity index (χ2v) is 4.40. The van der Waals surface area contributed by atoms with Gasteiger partial charge < -0.3 is 0 Å². The van der Waals surface area contributed by atoms with Crippen molar-refractivity contribution in [3.63, 3.8) is 0 Å². The molecule has 0 amide bonds. The first kappa shape index (κ1) is 6.95. The highest BCUT2D eigenvalue weighted by Crippen LogP contribution is 2.13. The molecule has 1 nitrogen and oxygen atoms in total. The number of aromatic nitrogens is 1. The van der Waals surface area contributed by atoms with Crippen molar-refractivity contribution in [1.82, 2.24) is 4.98 Å². The summed E-state index contributed by atoms with van der Waals surface area (Å²) in [4.78, 5) is 4.19. The van der Waals surface area contributed by atoms with E-state index in [1.54, 1.807) is 11.3 Å². The molecule has 0 aliphatic rings. The van der Waals surface area contributed by atoms with E-state index < -0.39 is 0 Å². The van der Waals surface area contributed by atoms with Crippen LogP contribution >= 0.6 is 49.9 Å². The minimum absolute atomic E-state index is 0.868. The quantitative estimate of drug-likeness (QED) is 0.574. The molecule has 0 aromatic carbocycles. The Morgan fingerprint density at radius 2 is 2.62 bits per heavy atom. The molecule has 0 bridgehead atoms. The lowest BCUT2D eigenvalue weighted by molar-refractivity contribution is 1.22. The van der Waals surface area contributed by atoms with Crippen LogP contribution in [0.15, 0.2) is 5.38 Å². The van der Waals surface area contributed by atoms with E-state index in [1.165, 1.54) is 0 Å². The Labute approximate surface area is 73.8 Å². The third kappa shape index (κ3) is 1.66. The molecular weight excluding hydrogens is 301 g/mol. The molecule has 0 fully saturated rings. The van der Waals surface area contributed by atoms with Crippen molar-refractivity contribution >= 4 is 49.9 Å². The molecule has 0 aliphatic carbocycles. The van der Waals surface area contributed by atoms with Crippen molar-refractivity contribution < 1.29 is 0 Å². The molecule has 1 aromatic rings. The Kier molecular flexibility index (Phi) is 2.71. The fourth-order valence-corrected chi connectivity index (χ4v) is 2.08. The molecule has 1 rings (SSSR count). The van der Waals surface area contributed by atoms with Crippen LogP contribution in [0.3, 0.4) is 0 Å². The molecule has 44 valence electrons. The Bertz CT molecular complexity index is 176. The molecule has 0 aliphatic heterocycles. The highest BCUT2D eigenvalue weighted by Gasteiger charge is 1.93. The lowest BCUT2D eigenvalue weighted by atomic mass is 10.6. The van der Waals surface area contributed by atoms with Crippen molar-refractivity contribution in [2.75, 3.05) is 0 Å². The van der Waals surface area contributed by atoms with E-state index in [9.17, 15) is 0 Å². The van der Waals surface area contributed by atoms with E-state index in [4.69, 9.17) is 0 Å². The molecule has 1 aromatic heterocycles. The summed E-state index contributed by atoms with van der Waals surface area (Å²) in [5.41, 5.74) is 1.12. The molecule has 0 spiro atoms. The van der Waals surface area contributed by atoms with Crippen molar-refractivity contribution in [1.29, 1.82) is 0 Å². The summed E-state index contributed by atoms with van der Waals surface area (Å²) in [6, 6.07) is 0. The summed E-state index contributed by atoms with van der Waals surface area (Å²) in [5.74, 6) is 0. The molecule has 0 saturated carbocycles. The number of rotatable bonds is 1. The third-order valence-electron chi connectivity index (χ3n) is 0.661. The summed E-state index contributed by atoms with van der Waals surface area (Å²) < 4.78 is 1.11. The van der Waals surface area contributed by atoms with Gasteiger partial charge in [0.25, 0.3) is 0 Å². The van der Waals surface area contributed by atoms with Gasteiger partial charge in [-0.2, -0.15) is 0 Å². The van der Waals surface area contributed by atoms with Gasteiger partial charge in [-0.3, -0.25) is 0 Å². The predicted octanol–water partition coefficient (Wildman–Crippen LogP) is 2.64. The summed E-state index contributed by atoms with van der Waals surface area (Å²) in [6.07, 6.45) is 0. The van der Waals surface area contributed by atoms with Crippen molar-refractivity contribution in [3.05, 3.63) is 14.1 Å². The van der Waals surface area contributed by atoms with Crippen molar-refractivity contribution in [3.8, 4) is 0 Å². The topological polar surface area (TPSA) is 12.9 Å². The van der Waals surface area contributed by atoms with Gasteiger partial charge in [0.1, 0.15) is 0 Å². The van der Waals surface area contributed by atoms with E-state index in [0.717, 1.165) is 14.0 Å². The smallest absolute Gasteiger partial charge is 0.154 e. The molecule has 4 heteroatoms. The number of thiazole rings is 1. The van der Waals surface area contributed by atoms with Gasteiger partial charge in [-0.25, -0.2) is 4.98 Å². The Hall–Kier alpha value is 0.840. The van der Waals surface area contributed by atoms with Gasteiger partial charge in [0.05, 0.1) is 5.69 Å². The van der Waals surface area contributed by atoms with Crippen LogP contribution in [0.5, 0.6) is 0 Å². The normalized spacial score (nSPS) is 9.75. The standard InChI is InChI=1S/C4H3BrINS/c5-1-3-2-8-4(6)7-3/h2H,1H2.